The molecule has 2 aromatic heterocycles. The molecular formula is C26H39N5O7S2. The number of alkyl carbamates (subject to hydrolysis) is 1. The molecule has 40 heavy (non-hydrogen) atoms. The quantitative estimate of drug-likeness (QED) is 0.307. The van der Waals surface area contributed by atoms with E-state index in [1.807, 2.05) is 13.8 Å². The average molecular weight is 598 g/mol. The van der Waals surface area contributed by atoms with Gasteiger partial charge in [-0.05, 0) is 40.5 Å². The molecule has 3 N–H and O–H groups in total. The number of aromatic nitrogens is 2. The summed E-state index contributed by atoms with van der Waals surface area (Å²) in [6.45, 7) is 12.9. The van der Waals surface area contributed by atoms with Crippen molar-refractivity contribution < 1.29 is 33.4 Å². The molecule has 14 heteroatoms. The first-order chi connectivity index (χ1) is 18.7. The van der Waals surface area contributed by atoms with Crippen LogP contribution in [0.2, 0.25) is 0 Å². The Bertz CT molecular complexity index is 1200. The van der Waals surface area contributed by atoms with E-state index < -0.39 is 35.7 Å². The molecular weight excluding hydrogens is 558 g/mol. The number of hydrogen-bond acceptors (Lipinski definition) is 11. The van der Waals surface area contributed by atoms with Crippen molar-refractivity contribution in [1.29, 1.82) is 0 Å². The number of nitrogens with one attached hydrogen (secondary N) is 3. The van der Waals surface area contributed by atoms with Gasteiger partial charge >= 0.3 is 12.1 Å². The molecule has 0 spiro atoms. The number of nitrogens with zero attached hydrogens (tertiary/aromatic N) is 2. The lowest BCUT2D eigenvalue weighted by atomic mass is 10.0. The van der Waals surface area contributed by atoms with Crippen LogP contribution in [0.1, 0.15) is 101 Å². The Kier molecular flexibility index (Phi) is 12.0. The predicted octanol–water partition coefficient (Wildman–Crippen LogP) is 4.06. The molecule has 12 nitrogen and oxygen atoms in total. The van der Waals surface area contributed by atoms with Gasteiger partial charge in [-0.25, -0.2) is 19.6 Å². The summed E-state index contributed by atoms with van der Waals surface area (Å²) in [7, 11) is 3.02. The summed E-state index contributed by atoms with van der Waals surface area (Å²) >= 11 is 2.48. The van der Waals surface area contributed by atoms with Crippen LogP contribution in [0.5, 0.6) is 0 Å². The first-order valence-corrected chi connectivity index (χ1v) is 14.5. The van der Waals surface area contributed by atoms with Gasteiger partial charge in [-0.15, -0.1) is 22.7 Å². The van der Waals surface area contributed by atoms with Gasteiger partial charge in [0.2, 0.25) is 5.91 Å². The zero-order valence-electron chi connectivity index (χ0n) is 24.4. The van der Waals surface area contributed by atoms with E-state index in [1.54, 1.807) is 34.6 Å². The van der Waals surface area contributed by atoms with Crippen molar-refractivity contribution in [2.75, 3.05) is 20.8 Å². The lowest BCUT2D eigenvalue weighted by molar-refractivity contribution is -0.121. The number of methoxy groups -OCH3 is 1. The summed E-state index contributed by atoms with van der Waals surface area (Å²) in [5.74, 6) is -1.39. The van der Waals surface area contributed by atoms with E-state index in [-0.39, 0.29) is 42.8 Å². The van der Waals surface area contributed by atoms with E-state index in [0.29, 0.717) is 19.8 Å². The molecule has 0 aliphatic carbocycles. The van der Waals surface area contributed by atoms with Crippen LogP contribution in [0.3, 0.4) is 0 Å². The van der Waals surface area contributed by atoms with Crippen LogP contribution in [-0.2, 0) is 25.6 Å². The van der Waals surface area contributed by atoms with Crippen LogP contribution in [0.15, 0.2) is 0 Å². The second-order valence-electron chi connectivity index (χ2n) is 10.2. The Morgan fingerprint density at radius 1 is 1.00 bits per heavy atom. The van der Waals surface area contributed by atoms with Crippen molar-refractivity contribution in [2.24, 2.45) is 5.92 Å². The standard InChI is InChI=1S/C26H39N5O7S2/c1-10-37-24(34)20-16(12-36-9)40-23(31-20)18(13(2)3)29-21(33)19-14(4)39-22(30-19)15(11-17(32)27-8)28-25(35)38-26(5,6)7/h13,15,18H,10-12H2,1-9H3,(H,27,32)(H,28,35)(H,29,33)/t15-,18-/m0/s1. The molecule has 0 aliphatic rings. The highest BCUT2D eigenvalue weighted by Gasteiger charge is 2.30. The van der Waals surface area contributed by atoms with Crippen molar-refractivity contribution in [1.82, 2.24) is 25.9 Å². The zero-order chi connectivity index (χ0) is 30.2. The highest BCUT2D eigenvalue weighted by Crippen LogP contribution is 2.31. The number of carbonyl (C=O) groups is 4. The third kappa shape index (κ3) is 9.24. The Labute approximate surface area is 242 Å². The Morgan fingerprint density at radius 2 is 1.65 bits per heavy atom. The Hall–Kier alpha value is -3.10. The highest BCUT2D eigenvalue weighted by atomic mass is 32.1. The summed E-state index contributed by atoms with van der Waals surface area (Å²) in [5, 5.41) is 9.14. The van der Waals surface area contributed by atoms with Gasteiger partial charge in [0.15, 0.2) is 5.69 Å². The van der Waals surface area contributed by atoms with Gasteiger partial charge < -0.3 is 30.2 Å². The maximum atomic E-state index is 13.4. The minimum absolute atomic E-state index is 0.0752. The number of aryl methyl sites for hydroxylation is 1. The van der Waals surface area contributed by atoms with Gasteiger partial charge in [0.05, 0.1) is 36.6 Å². The molecule has 0 radical (unpaired) electrons. The second kappa shape index (κ2) is 14.5. The average Bonchev–Trinajstić information content (AvgIpc) is 3.44. The summed E-state index contributed by atoms with van der Waals surface area (Å²) in [5.41, 5.74) is -0.400. The van der Waals surface area contributed by atoms with E-state index >= 15 is 0 Å². The van der Waals surface area contributed by atoms with Crippen LogP contribution >= 0.6 is 22.7 Å². The van der Waals surface area contributed by atoms with E-state index in [0.717, 1.165) is 0 Å². The molecule has 0 unspecified atom stereocenters. The maximum absolute atomic E-state index is 13.4. The lowest BCUT2D eigenvalue weighted by Gasteiger charge is -2.22. The van der Waals surface area contributed by atoms with Gasteiger partial charge in [-0.2, -0.15) is 0 Å². The molecule has 222 valence electrons. The summed E-state index contributed by atoms with van der Waals surface area (Å²) in [6.07, 6.45) is -0.788. The van der Waals surface area contributed by atoms with Gasteiger partial charge in [0.25, 0.3) is 5.91 Å². The van der Waals surface area contributed by atoms with Crippen molar-refractivity contribution in [3.05, 3.63) is 31.2 Å². The number of carbonyl (C=O) groups excluding carboxylic acids is 4. The molecule has 0 saturated carbocycles. The molecule has 2 atom stereocenters. The Morgan fingerprint density at radius 3 is 2.20 bits per heavy atom. The van der Waals surface area contributed by atoms with Crippen LogP contribution in [0.4, 0.5) is 4.79 Å². The summed E-state index contributed by atoms with van der Waals surface area (Å²) in [6, 6.07) is -1.33. The number of rotatable bonds is 12. The summed E-state index contributed by atoms with van der Waals surface area (Å²) < 4.78 is 15.7. The highest BCUT2D eigenvalue weighted by molar-refractivity contribution is 7.12. The smallest absolute Gasteiger partial charge is 0.408 e. The Balaban J connectivity index is 2.35. The van der Waals surface area contributed by atoms with Gasteiger partial charge in [0, 0.05) is 19.0 Å². The van der Waals surface area contributed by atoms with Gasteiger partial charge in [-0.1, -0.05) is 13.8 Å². The third-order valence-corrected chi connectivity index (χ3v) is 7.56. The number of esters is 1. The number of hydrogen-bond donors (Lipinski definition) is 3. The second-order valence-corrected chi connectivity index (χ2v) is 12.6. The molecule has 0 aliphatic heterocycles. The van der Waals surface area contributed by atoms with E-state index in [1.165, 1.54) is 36.8 Å². The maximum Gasteiger partial charge on any atom is 0.408 e. The molecule has 2 heterocycles. The van der Waals surface area contributed by atoms with Crippen LogP contribution in [0.25, 0.3) is 0 Å². The molecule has 0 aromatic carbocycles. The molecule has 3 amide bonds. The number of thiazole rings is 2. The normalized spacial score (nSPS) is 12.9. The van der Waals surface area contributed by atoms with Crippen molar-refractivity contribution in [3.63, 3.8) is 0 Å². The minimum Gasteiger partial charge on any atom is -0.461 e. The monoisotopic (exact) mass is 597 g/mol. The predicted molar refractivity (Wildman–Crippen MR) is 151 cm³/mol. The van der Waals surface area contributed by atoms with Crippen LogP contribution in [-0.4, -0.2) is 60.2 Å². The van der Waals surface area contributed by atoms with E-state index in [4.69, 9.17) is 14.2 Å². The SMILES string of the molecule is CCOC(=O)c1nc([C@@H](NC(=O)c2nc([C@H](CC(=O)NC)NC(=O)OC(C)(C)C)sc2C)C(C)C)sc1COC. The molecule has 0 saturated heterocycles. The van der Waals surface area contributed by atoms with Crippen LogP contribution in [0, 0.1) is 12.8 Å². The van der Waals surface area contributed by atoms with Crippen molar-refractivity contribution >= 4 is 46.6 Å². The van der Waals surface area contributed by atoms with Gasteiger partial charge in [-0.3, -0.25) is 9.59 Å². The fourth-order valence-corrected chi connectivity index (χ4v) is 5.75. The minimum atomic E-state index is -0.802. The third-order valence-electron chi connectivity index (χ3n) is 5.36. The van der Waals surface area contributed by atoms with E-state index in [9.17, 15) is 19.2 Å². The number of amides is 3. The van der Waals surface area contributed by atoms with Crippen molar-refractivity contribution in [2.45, 2.75) is 79.2 Å². The first-order valence-electron chi connectivity index (χ1n) is 12.8. The number of ether oxygens (including phenoxy) is 3. The molecule has 0 bridgehead atoms. The first kappa shape index (κ1) is 33.1. The van der Waals surface area contributed by atoms with Gasteiger partial charge in [0.1, 0.15) is 21.3 Å². The van der Waals surface area contributed by atoms with Crippen molar-refractivity contribution in [3.8, 4) is 0 Å². The molecule has 2 rings (SSSR count). The topological polar surface area (TPSA) is 158 Å². The lowest BCUT2D eigenvalue weighted by Crippen LogP contribution is -2.37. The van der Waals surface area contributed by atoms with E-state index in [2.05, 4.69) is 25.9 Å². The zero-order valence-corrected chi connectivity index (χ0v) is 26.1. The fraction of sp³-hybridized carbons (Fsp3) is 0.615. The fourth-order valence-electron chi connectivity index (χ4n) is 3.53. The largest absolute Gasteiger partial charge is 0.461 e. The van der Waals surface area contributed by atoms with Crippen LogP contribution < -0.4 is 16.0 Å². The molecule has 0 fully saturated rings. The summed E-state index contributed by atoms with van der Waals surface area (Å²) in [4.78, 5) is 60.7. The molecule has 2 aromatic rings.